The normalized spacial score (nSPS) is 11.2. The SMILES string of the molecule is CC(C)C(=O)NCCOC(C)(C)C(=O)NCC(=O)O. The van der Waals surface area contributed by atoms with Crippen molar-refractivity contribution in [1.29, 1.82) is 0 Å². The third kappa shape index (κ3) is 7.40. The summed E-state index contributed by atoms with van der Waals surface area (Å²) in [4.78, 5) is 33.2. The van der Waals surface area contributed by atoms with E-state index in [1.807, 2.05) is 0 Å². The summed E-state index contributed by atoms with van der Waals surface area (Å²) in [6, 6.07) is 0. The number of hydrogen-bond acceptors (Lipinski definition) is 4. The molecule has 0 aromatic rings. The number of hydrogen-bond donors (Lipinski definition) is 3. The Hall–Kier alpha value is -1.63. The van der Waals surface area contributed by atoms with E-state index in [-0.39, 0.29) is 18.4 Å². The highest BCUT2D eigenvalue weighted by Gasteiger charge is 2.28. The Morgan fingerprint density at radius 1 is 1.21 bits per heavy atom. The van der Waals surface area contributed by atoms with Gasteiger partial charge in [-0.05, 0) is 13.8 Å². The zero-order valence-corrected chi connectivity index (χ0v) is 11.8. The van der Waals surface area contributed by atoms with E-state index in [1.54, 1.807) is 13.8 Å². The van der Waals surface area contributed by atoms with Gasteiger partial charge in [0, 0.05) is 12.5 Å². The summed E-state index contributed by atoms with van der Waals surface area (Å²) in [5.41, 5.74) is -1.14. The first-order valence-corrected chi connectivity index (χ1v) is 6.08. The lowest BCUT2D eigenvalue weighted by atomic mass is 10.1. The molecule has 3 N–H and O–H groups in total. The molecular formula is C12H22N2O5. The molecule has 19 heavy (non-hydrogen) atoms. The van der Waals surface area contributed by atoms with Gasteiger partial charge in [0.2, 0.25) is 5.91 Å². The number of carbonyl (C=O) groups excluding carboxylic acids is 2. The monoisotopic (exact) mass is 274 g/mol. The van der Waals surface area contributed by atoms with Gasteiger partial charge < -0.3 is 20.5 Å². The van der Waals surface area contributed by atoms with Gasteiger partial charge in [0.05, 0.1) is 6.61 Å². The Morgan fingerprint density at radius 3 is 2.26 bits per heavy atom. The number of ether oxygens (including phenoxy) is 1. The summed E-state index contributed by atoms with van der Waals surface area (Å²) in [7, 11) is 0. The van der Waals surface area contributed by atoms with Crippen molar-refractivity contribution < 1.29 is 24.2 Å². The smallest absolute Gasteiger partial charge is 0.322 e. The molecule has 7 heteroatoms. The van der Waals surface area contributed by atoms with Crippen molar-refractivity contribution in [3.63, 3.8) is 0 Å². The second-order valence-corrected chi connectivity index (χ2v) is 4.88. The minimum atomic E-state index is -1.14. The molecule has 0 aromatic carbocycles. The number of aliphatic carboxylic acids is 1. The Bertz CT molecular complexity index is 339. The van der Waals surface area contributed by atoms with Crippen molar-refractivity contribution >= 4 is 17.8 Å². The third-order valence-electron chi connectivity index (χ3n) is 2.34. The van der Waals surface area contributed by atoms with Crippen LogP contribution in [0.2, 0.25) is 0 Å². The van der Waals surface area contributed by atoms with Crippen LogP contribution in [0.5, 0.6) is 0 Å². The Morgan fingerprint density at radius 2 is 1.79 bits per heavy atom. The van der Waals surface area contributed by atoms with E-state index in [0.717, 1.165) is 0 Å². The minimum absolute atomic E-state index is 0.0864. The first-order valence-electron chi connectivity index (χ1n) is 6.08. The Labute approximate surface area is 112 Å². The fourth-order valence-electron chi connectivity index (χ4n) is 1.12. The predicted octanol–water partition coefficient (Wildman–Crippen LogP) is -0.245. The van der Waals surface area contributed by atoms with Gasteiger partial charge in [-0.1, -0.05) is 13.8 Å². The van der Waals surface area contributed by atoms with E-state index in [2.05, 4.69) is 10.6 Å². The third-order valence-corrected chi connectivity index (χ3v) is 2.34. The largest absolute Gasteiger partial charge is 0.480 e. The molecule has 2 amide bonds. The lowest BCUT2D eigenvalue weighted by Gasteiger charge is -2.24. The van der Waals surface area contributed by atoms with Crippen molar-refractivity contribution in [2.45, 2.75) is 33.3 Å². The van der Waals surface area contributed by atoms with Crippen LogP contribution in [0.4, 0.5) is 0 Å². The molecule has 0 spiro atoms. The molecule has 7 nitrogen and oxygen atoms in total. The van der Waals surface area contributed by atoms with E-state index < -0.39 is 24.0 Å². The molecule has 0 heterocycles. The van der Waals surface area contributed by atoms with Crippen LogP contribution in [-0.4, -0.2) is 48.2 Å². The zero-order valence-electron chi connectivity index (χ0n) is 11.8. The van der Waals surface area contributed by atoms with Gasteiger partial charge in [0.1, 0.15) is 12.1 Å². The van der Waals surface area contributed by atoms with Gasteiger partial charge in [-0.25, -0.2) is 0 Å². The topological polar surface area (TPSA) is 105 Å². The van der Waals surface area contributed by atoms with Crippen molar-refractivity contribution in [3.8, 4) is 0 Å². The second kappa shape index (κ2) is 7.73. The van der Waals surface area contributed by atoms with Gasteiger partial charge in [-0.2, -0.15) is 0 Å². The summed E-state index contributed by atoms with van der Waals surface area (Å²) < 4.78 is 5.33. The number of carbonyl (C=O) groups is 3. The van der Waals surface area contributed by atoms with Crippen molar-refractivity contribution in [1.82, 2.24) is 10.6 Å². The summed E-state index contributed by atoms with van der Waals surface area (Å²) in [5, 5.41) is 13.3. The minimum Gasteiger partial charge on any atom is -0.480 e. The van der Waals surface area contributed by atoms with Crippen LogP contribution in [0, 0.1) is 5.92 Å². The molecule has 0 saturated heterocycles. The molecule has 110 valence electrons. The lowest BCUT2D eigenvalue weighted by Crippen LogP contribution is -2.47. The number of rotatable bonds is 8. The first kappa shape index (κ1) is 17.4. The summed E-state index contributed by atoms with van der Waals surface area (Å²) in [6.45, 7) is 6.65. The fraction of sp³-hybridized carbons (Fsp3) is 0.750. The van der Waals surface area contributed by atoms with Crippen molar-refractivity contribution in [2.24, 2.45) is 5.92 Å². The van der Waals surface area contributed by atoms with E-state index in [0.29, 0.717) is 6.54 Å². The zero-order chi connectivity index (χ0) is 15.1. The Balaban J connectivity index is 3.99. The standard InChI is InChI=1S/C12H22N2O5/c1-8(2)10(17)13-5-6-19-12(3,4)11(18)14-7-9(15)16/h8H,5-7H2,1-4H3,(H,13,17)(H,14,18)(H,15,16). The maximum atomic E-state index is 11.6. The molecule has 0 fully saturated rings. The van der Waals surface area contributed by atoms with Crippen LogP contribution in [0.25, 0.3) is 0 Å². The quantitative estimate of drug-likeness (QED) is 0.530. The van der Waals surface area contributed by atoms with Gasteiger partial charge in [0.25, 0.3) is 5.91 Å². The molecular weight excluding hydrogens is 252 g/mol. The fourth-order valence-corrected chi connectivity index (χ4v) is 1.12. The molecule has 0 aliphatic carbocycles. The number of amides is 2. The van der Waals surface area contributed by atoms with E-state index in [4.69, 9.17) is 9.84 Å². The Kier molecular flexibility index (Phi) is 7.06. The molecule has 0 aliphatic heterocycles. The van der Waals surface area contributed by atoms with Gasteiger partial charge in [0.15, 0.2) is 0 Å². The predicted molar refractivity (Wildman–Crippen MR) is 68.5 cm³/mol. The van der Waals surface area contributed by atoms with Crippen LogP contribution < -0.4 is 10.6 Å². The highest BCUT2D eigenvalue weighted by molar-refractivity contribution is 5.87. The van der Waals surface area contributed by atoms with E-state index >= 15 is 0 Å². The van der Waals surface area contributed by atoms with E-state index in [1.165, 1.54) is 13.8 Å². The molecule has 0 rings (SSSR count). The maximum absolute atomic E-state index is 11.6. The van der Waals surface area contributed by atoms with Crippen molar-refractivity contribution in [3.05, 3.63) is 0 Å². The molecule has 0 aliphatic rings. The summed E-state index contributed by atoms with van der Waals surface area (Å²) in [6.07, 6.45) is 0. The van der Waals surface area contributed by atoms with Crippen molar-refractivity contribution in [2.75, 3.05) is 19.7 Å². The number of carboxylic acid groups (broad SMARTS) is 1. The maximum Gasteiger partial charge on any atom is 0.322 e. The average molecular weight is 274 g/mol. The molecule has 0 saturated carbocycles. The number of carboxylic acids is 1. The lowest BCUT2D eigenvalue weighted by molar-refractivity contribution is -0.146. The van der Waals surface area contributed by atoms with Crippen LogP contribution in [0.3, 0.4) is 0 Å². The van der Waals surface area contributed by atoms with Crippen LogP contribution >= 0.6 is 0 Å². The highest BCUT2D eigenvalue weighted by atomic mass is 16.5. The molecule has 0 bridgehead atoms. The van der Waals surface area contributed by atoms with Crippen LogP contribution in [0.15, 0.2) is 0 Å². The van der Waals surface area contributed by atoms with Gasteiger partial charge >= 0.3 is 5.97 Å². The molecule has 0 unspecified atom stereocenters. The highest BCUT2D eigenvalue weighted by Crippen LogP contribution is 2.08. The summed E-state index contributed by atoms with van der Waals surface area (Å²) >= 11 is 0. The average Bonchev–Trinajstić information content (AvgIpc) is 2.30. The first-order chi connectivity index (χ1) is 8.66. The number of nitrogens with one attached hydrogen (secondary N) is 2. The van der Waals surface area contributed by atoms with Crippen LogP contribution in [0.1, 0.15) is 27.7 Å². The molecule has 0 aromatic heterocycles. The van der Waals surface area contributed by atoms with Gasteiger partial charge in [-0.3, -0.25) is 14.4 Å². The van der Waals surface area contributed by atoms with Gasteiger partial charge in [-0.15, -0.1) is 0 Å². The van der Waals surface area contributed by atoms with Crippen LogP contribution in [-0.2, 0) is 19.1 Å². The molecule has 0 atom stereocenters. The van der Waals surface area contributed by atoms with E-state index in [9.17, 15) is 14.4 Å². The second-order valence-electron chi connectivity index (χ2n) is 4.88. The molecule has 0 radical (unpaired) electrons. The summed E-state index contributed by atoms with van der Waals surface area (Å²) in [5.74, 6) is -1.82.